The van der Waals surface area contributed by atoms with Gasteiger partial charge in [-0.3, -0.25) is 20.4 Å². The number of rotatable bonds is 5. The van der Waals surface area contributed by atoms with E-state index in [9.17, 15) is 9.59 Å². The van der Waals surface area contributed by atoms with Gasteiger partial charge in [0, 0.05) is 10.9 Å². The number of hydrazine groups is 1. The van der Waals surface area contributed by atoms with E-state index in [0.29, 0.717) is 10.8 Å². The predicted octanol–water partition coefficient (Wildman–Crippen LogP) is 2.98. The molecule has 0 saturated heterocycles. The molecule has 1 saturated carbocycles. The lowest BCUT2D eigenvalue weighted by molar-refractivity contribution is -0.130. The smallest absolute Gasteiger partial charge is 0.276 e. The van der Waals surface area contributed by atoms with Crippen LogP contribution >= 0.6 is 11.6 Å². The highest BCUT2D eigenvalue weighted by molar-refractivity contribution is 6.30. The Balaban J connectivity index is 1.41. The van der Waals surface area contributed by atoms with Gasteiger partial charge in [-0.05, 0) is 48.6 Å². The molecule has 2 N–H and O–H groups in total. The number of carbonyl (C=O) groups is 2. The molecule has 1 fully saturated rings. The lowest BCUT2D eigenvalue weighted by atomic mass is 10.1. The molecular weight excluding hydrogens is 340 g/mol. The zero-order valence-corrected chi connectivity index (χ0v) is 14.5. The van der Waals surface area contributed by atoms with E-state index in [1.54, 1.807) is 18.2 Å². The fraction of sp³-hybridized carbons (Fsp3) is 0.263. The van der Waals surface area contributed by atoms with Crippen LogP contribution in [0.5, 0.6) is 5.75 Å². The van der Waals surface area contributed by atoms with Gasteiger partial charge in [0.05, 0.1) is 0 Å². The monoisotopic (exact) mass is 358 g/mol. The summed E-state index contributed by atoms with van der Waals surface area (Å²) in [6.45, 7) is 1.66. The van der Waals surface area contributed by atoms with E-state index in [0.717, 1.165) is 17.5 Å². The highest BCUT2D eigenvalue weighted by Crippen LogP contribution is 2.47. The van der Waals surface area contributed by atoms with Gasteiger partial charge in [-0.25, -0.2) is 0 Å². The maximum absolute atomic E-state index is 12.1. The van der Waals surface area contributed by atoms with Crippen LogP contribution in [-0.4, -0.2) is 18.4 Å². The third-order valence-corrected chi connectivity index (χ3v) is 4.41. The third-order valence-electron chi connectivity index (χ3n) is 4.18. The number of amides is 2. The van der Waals surface area contributed by atoms with Crippen LogP contribution in [0.25, 0.3) is 0 Å². The summed E-state index contributed by atoms with van der Waals surface area (Å²) in [5, 5.41) is 0.610. The summed E-state index contributed by atoms with van der Waals surface area (Å²) >= 11 is 5.87. The van der Waals surface area contributed by atoms with Crippen LogP contribution < -0.4 is 15.6 Å². The normalized spacial score (nSPS) is 18.3. The summed E-state index contributed by atoms with van der Waals surface area (Å²) in [4.78, 5) is 23.9. The Morgan fingerprint density at radius 3 is 2.64 bits per heavy atom. The van der Waals surface area contributed by atoms with Gasteiger partial charge in [0.2, 0.25) is 5.91 Å². The van der Waals surface area contributed by atoms with Crippen LogP contribution in [0.1, 0.15) is 23.5 Å². The molecule has 2 aromatic rings. The van der Waals surface area contributed by atoms with Crippen molar-refractivity contribution in [3.05, 3.63) is 64.7 Å². The molecule has 25 heavy (non-hydrogen) atoms. The van der Waals surface area contributed by atoms with Gasteiger partial charge in [-0.2, -0.15) is 0 Å². The summed E-state index contributed by atoms with van der Waals surface area (Å²) < 4.78 is 5.43. The van der Waals surface area contributed by atoms with E-state index in [4.69, 9.17) is 16.3 Å². The second-order valence-electron chi connectivity index (χ2n) is 6.10. The first-order valence-electron chi connectivity index (χ1n) is 8.07. The standard InChI is InChI=1S/C19H19ClN2O3/c1-12-9-14(20)7-8-17(12)25-11-18(23)21-22-19(24)16-10-15(16)13-5-3-2-4-6-13/h2-9,15-16H,10-11H2,1H3,(H,21,23)(H,22,24)/t15-,16+/m1/s1. The fourth-order valence-corrected chi connectivity index (χ4v) is 2.96. The van der Waals surface area contributed by atoms with Gasteiger partial charge in [0.15, 0.2) is 6.61 Å². The summed E-state index contributed by atoms with van der Waals surface area (Å²) in [5.41, 5.74) is 6.84. The van der Waals surface area contributed by atoms with Gasteiger partial charge >= 0.3 is 0 Å². The number of hydrogen-bond acceptors (Lipinski definition) is 3. The summed E-state index contributed by atoms with van der Waals surface area (Å²) in [7, 11) is 0. The maximum atomic E-state index is 12.1. The second-order valence-corrected chi connectivity index (χ2v) is 6.53. The van der Waals surface area contributed by atoms with Gasteiger partial charge < -0.3 is 4.74 Å². The molecule has 2 amide bonds. The Morgan fingerprint density at radius 1 is 1.16 bits per heavy atom. The van der Waals surface area contributed by atoms with Crippen molar-refractivity contribution in [2.45, 2.75) is 19.3 Å². The van der Waals surface area contributed by atoms with E-state index in [1.165, 1.54) is 0 Å². The van der Waals surface area contributed by atoms with E-state index in [-0.39, 0.29) is 24.3 Å². The Morgan fingerprint density at radius 2 is 1.92 bits per heavy atom. The molecule has 1 aliphatic rings. The van der Waals surface area contributed by atoms with Crippen molar-refractivity contribution in [3.8, 4) is 5.75 Å². The number of hydrogen-bond donors (Lipinski definition) is 2. The van der Waals surface area contributed by atoms with Crippen molar-refractivity contribution in [1.29, 1.82) is 0 Å². The quantitative estimate of drug-likeness (QED) is 0.807. The van der Waals surface area contributed by atoms with Crippen molar-refractivity contribution >= 4 is 23.4 Å². The topological polar surface area (TPSA) is 67.4 Å². The molecule has 0 bridgehead atoms. The van der Waals surface area contributed by atoms with Crippen LogP contribution in [0.4, 0.5) is 0 Å². The molecule has 0 unspecified atom stereocenters. The summed E-state index contributed by atoms with van der Waals surface area (Å²) in [6.07, 6.45) is 0.798. The van der Waals surface area contributed by atoms with Crippen LogP contribution in [0, 0.1) is 12.8 Å². The van der Waals surface area contributed by atoms with Gasteiger partial charge in [0.1, 0.15) is 5.75 Å². The Labute approximate surface area is 151 Å². The highest BCUT2D eigenvalue weighted by atomic mass is 35.5. The van der Waals surface area contributed by atoms with Crippen molar-refractivity contribution in [3.63, 3.8) is 0 Å². The zero-order chi connectivity index (χ0) is 17.8. The summed E-state index contributed by atoms with van der Waals surface area (Å²) in [5.74, 6) is 0.120. The Bertz CT molecular complexity index is 779. The minimum absolute atomic E-state index is 0.0953. The zero-order valence-electron chi connectivity index (χ0n) is 13.8. The van der Waals surface area contributed by atoms with E-state index < -0.39 is 5.91 Å². The van der Waals surface area contributed by atoms with Crippen LogP contribution in [0.3, 0.4) is 0 Å². The molecule has 0 radical (unpaired) electrons. The van der Waals surface area contributed by atoms with Crippen LogP contribution in [0.2, 0.25) is 5.02 Å². The van der Waals surface area contributed by atoms with Crippen molar-refractivity contribution in [1.82, 2.24) is 10.9 Å². The second kappa shape index (κ2) is 7.57. The highest BCUT2D eigenvalue weighted by Gasteiger charge is 2.43. The molecule has 2 atom stereocenters. The van der Waals surface area contributed by atoms with Crippen LogP contribution in [-0.2, 0) is 9.59 Å². The van der Waals surface area contributed by atoms with Gasteiger partial charge in [0.25, 0.3) is 5.91 Å². The third kappa shape index (κ3) is 4.51. The molecule has 2 aromatic carbocycles. The minimum atomic E-state index is -0.417. The minimum Gasteiger partial charge on any atom is -0.483 e. The number of aryl methyl sites for hydroxylation is 1. The maximum Gasteiger partial charge on any atom is 0.276 e. The van der Waals surface area contributed by atoms with Gasteiger partial charge in [-0.1, -0.05) is 41.9 Å². The number of nitrogens with one attached hydrogen (secondary N) is 2. The molecule has 6 heteroatoms. The SMILES string of the molecule is Cc1cc(Cl)ccc1OCC(=O)NNC(=O)[C@H]1C[C@@H]1c1ccccc1. The van der Waals surface area contributed by atoms with Crippen LogP contribution in [0.15, 0.2) is 48.5 Å². The summed E-state index contributed by atoms with van der Waals surface area (Å²) in [6, 6.07) is 15.0. The van der Waals surface area contributed by atoms with Crippen molar-refractivity contribution < 1.29 is 14.3 Å². The number of benzene rings is 2. The molecule has 0 aliphatic heterocycles. The van der Waals surface area contributed by atoms with Gasteiger partial charge in [-0.15, -0.1) is 0 Å². The lowest BCUT2D eigenvalue weighted by Crippen LogP contribution is -2.44. The average molecular weight is 359 g/mol. The molecule has 0 spiro atoms. The van der Waals surface area contributed by atoms with E-state index in [1.807, 2.05) is 37.3 Å². The number of carbonyl (C=O) groups excluding carboxylic acids is 2. The molecule has 1 aliphatic carbocycles. The Hall–Kier alpha value is -2.53. The largest absolute Gasteiger partial charge is 0.483 e. The molecule has 0 heterocycles. The predicted molar refractivity (Wildman–Crippen MR) is 95.3 cm³/mol. The molecule has 130 valence electrons. The van der Waals surface area contributed by atoms with E-state index in [2.05, 4.69) is 10.9 Å². The first-order chi connectivity index (χ1) is 12.0. The first kappa shape index (κ1) is 17.3. The van der Waals surface area contributed by atoms with Crippen molar-refractivity contribution in [2.24, 2.45) is 5.92 Å². The number of ether oxygens (including phenoxy) is 1. The molecular formula is C19H19ClN2O3. The number of halogens is 1. The lowest BCUT2D eigenvalue weighted by Gasteiger charge is -2.10. The molecule has 5 nitrogen and oxygen atoms in total. The first-order valence-corrected chi connectivity index (χ1v) is 8.45. The Kier molecular flexibility index (Phi) is 5.24. The molecule has 3 rings (SSSR count). The average Bonchev–Trinajstić information content (AvgIpc) is 3.40. The van der Waals surface area contributed by atoms with Crippen molar-refractivity contribution in [2.75, 3.05) is 6.61 Å². The molecule has 0 aromatic heterocycles. The fourth-order valence-electron chi connectivity index (χ4n) is 2.73. The van der Waals surface area contributed by atoms with E-state index >= 15 is 0 Å².